The molecule has 3 aromatic rings. The van der Waals surface area contributed by atoms with E-state index < -0.39 is 25.8 Å². The minimum atomic E-state index is -4.23. The van der Waals surface area contributed by atoms with E-state index in [1.54, 1.807) is 0 Å². The van der Waals surface area contributed by atoms with Crippen molar-refractivity contribution < 1.29 is 16.8 Å². The smallest absolute Gasteiger partial charge is 0.278 e. The summed E-state index contributed by atoms with van der Waals surface area (Å²) in [6.07, 6.45) is 1.94. The first-order valence-corrected chi connectivity index (χ1v) is 18.5. The average Bonchev–Trinajstić information content (AvgIpc) is 3.15. The van der Waals surface area contributed by atoms with Gasteiger partial charge in [0.2, 0.25) is 0 Å². The van der Waals surface area contributed by atoms with E-state index in [0.29, 0.717) is 12.8 Å². The number of fused-ring (bicyclic) bond motifs is 2. The molecule has 2 atom stereocenters. The predicted molar refractivity (Wildman–Crippen MR) is 178 cm³/mol. The zero-order chi connectivity index (χ0) is 31.9. The lowest BCUT2D eigenvalue weighted by Crippen LogP contribution is -2.42. The lowest BCUT2D eigenvalue weighted by molar-refractivity contribution is -0.128. The molecule has 4 nitrogen and oxygen atoms in total. The second kappa shape index (κ2) is 10.6. The minimum absolute atomic E-state index is 0.0783. The van der Waals surface area contributed by atoms with Gasteiger partial charge in [-0.3, -0.25) is 4.79 Å². The summed E-state index contributed by atoms with van der Waals surface area (Å²) in [6.45, 7) is 22.9. The van der Waals surface area contributed by atoms with Crippen LogP contribution >= 0.6 is 10.3 Å². The van der Waals surface area contributed by atoms with Crippen LogP contribution < -0.4 is 0 Å². The summed E-state index contributed by atoms with van der Waals surface area (Å²) in [5.74, 6) is 0.0151. The third kappa shape index (κ3) is 4.92. The zero-order valence-electron chi connectivity index (χ0n) is 27.8. The molecule has 2 fully saturated rings. The van der Waals surface area contributed by atoms with Crippen molar-refractivity contribution in [2.24, 2.45) is 16.7 Å². The SMILES string of the molecule is Cc1cc(C)c(S(OS(=O)(=O)CC23CCC(CC2=O)C3(C)C)(c2c(C)cc(C)cc2C)c2c(C)cc(C)cc2C)c(C)c1. The van der Waals surface area contributed by atoms with Gasteiger partial charge in [-0.1, -0.05) is 66.9 Å². The first-order chi connectivity index (χ1) is 19.9. The van der Waals surface area contributed by atoms with Crippen LogP contribution in [0.25, 0.3) is 0 Å². The molecule has 0 spiro atoms. The maximum absolute atomic E-state index is 14.9. The van der Waals surface area contributed by atoms with Crippen molar-refractivity contribution in [3.8, 4) is 0 Å². The van der Waals surface area contributed by atoms with Gasteiger partial charge in [-0.2, -0.15) is 8.42 Å². The number of hydrogen-bond acceptors (Lipinski definition) is 4. The third-order valence-electron chi connectivity index (χ3n) is 10.4. The molecular weight excluding hydrogens is 573 g/mol. The van der Waals surface area contributed by atoms with Crippen molar-refractivity contribution in [1.29, 1.82) is 0 Å². The van der Waals surface area contributed by atoms with E-state index in [4.69, 9.17) is 3.63 Å². The lowest BCUT2D eigenvalue weighted by atomic mass is 9.70. The highest BCUT2D eigenvalue weighted by Gasteiger charge is 2.66. The van der Waals surface area contributed by atoms with Gasteiger partial charge in [0.1, 0.15) is 5.78 Å². The van der Waals surface area contributed by atoms with Crippen LogP contribution in [-0.4, -0.2) is 20.0 Å². The van der Waals surface area contributed by atoms with Crippen molar-refractivity contribution >= 4 is 26.2 Å². The van der Waals surface area contributed by atoms with Crippen molar-refractivity contribution in [3.63, 3.8) is 0 Å². The van der Waals surface area contributed by atoms with Crippen LogP contribution in [0.2, 0.25) is 0 Å². The molecule has 2 unspecified atom stereocenters. The summed E-state index contributed by atoms with van der Waals surface area (Å²) in [6, 6.07) is 12.8. The first-order valence-electron chi connectivity index (χ1n) is 15.4. The molecule has 2 aliphatic rings. The maximum atomic E-state index is 14.9. The fourth-order valence-corrected chi connectivity index (χ4v) is 16.1. The van der Waals surface area contributed by atoms with Crippen LogP contribution in [-0.2, 0) is 18.5 Å². The Morgan fingerprint density at radius 3 is 1.30 bits per heavy atom. The molecule has 43 heavy (non-hydrogen) atoms. The molecule has 5 rings (SSSR count). The molecule has 0 heterocycles. The van der Waals surface area contributed by atoms with Crippen LogP contribution in [0.15, 0.2) is 51.1 Å². The van der Waals surface area contributed by atoms with Crippen LogP contribution in [0.4, 0.5) is 0 Å². The normalized spacial score (nSPS) is 21.9. The van der Waals surface area contributed by atoms with E-state index in [1.807, 2.05) is 0 Å². The molecule has 0 radical (unpaired) electrons. The van der Waals surface area contributed by atoms with Gasteiger partial charge in [0.15, 0.2) is 0 Å². The Bertz CT molecular complexity index is 1560. The van der Waals surface area contributed by atoms with Gasteiger partial charge in [-0.05, 0) is 130 Å². The number of hydrogen-bond donors (Lipinski definition) is 0. The number of carbonyl (C=O) groups is 1. The van der Waals surface area contributed by atoms with Crippen LogP contribution in [0.5, 0.6) is 0 Å². The number of Topliss-reactive ketones (excluding diaryl/α,β-unsaturated/α-hetero) is 1. The van der Waals surface area contributed by atoms with E-state index in [2.05, 4.69) is 113 Å². The molecule has 0 aliphatic heterocycles. The number of ketones is 1. The lowest BCUT2D eigenvalue weighted by Gasteiger charge is -2.46. The Hall–Kier alpha value is -2.41. The largest absolute Gasteiger partial charge is 0.299 e. The van der Waals surface area contributed by atoms with Crippen LogP contribution in [0, 0.1) is 79.1 Å². The van der Waals surface area contributed by atoms with E-state index >= 15 is 0 Å². The molecule has 232 valence electrons. The number of carbonyl (C=O) groups excluding carboxylic acids is 1. The monoisotopic (exact) mass is 620 g/mol. The summed E-state index contributed by atoms with van der Waals surface area (Å²) in [7, 11) is -7.07. The van der Waals surface area contributed by atoms with Gasteiger partial charge < -0.3 is 0 Å². The molecule has 6 heteroatoms. The van der Waals surface area contributed by atoms with Crippen molar-refractivity contribution in [2.45, 2.75) is 110 Å². The molecular formula is C37H48O4S2. The number of rotatable bonds is 7. The third-order valence-corrected chi connectivity index (χ3v) is 16.6. The van der Waals surface area contributed by atoms with Crippen LogP contribution in [0.1, 0.15) is 83.2 Å². The Labute approximate surface area is 261 Å². The van der Waals surface area contributed by atoms with Gasteiger partial charge in [0, 0.05) is 21.1 Å². The average molecular weight is 621 g/mol. The Morgan fingerprint density at radius 2 is 1.02 bits per heavy atom. The van der Waals surface area contributed by atoms with Gasteiger partial charge in [-0.15, -0.1) is 0 Å². The van der Waals surface area contributed by atoms with Gasteiger partial charge >= 0.3 is 0 Å². The van der Waals surface area contributed by atoms with Crippen molar-refractivity contribution in [3.05, 3.63) is 86.5 Å². The quantitative estimate of drug-likeness (QED) is 0.264. The topological polar surface area (TPSA) is 60.4 Å². The Kier molecular flexibility index (Phi) is 7.89. The fourth-order valence-electron chi connectivity index (χ4n) is 8.86. The molecule has 3 aromatic carbocycles. The molecule has 0 aromatic heterocycles. The first kappa shape index (κ1) is 32.0. The molecule has 0 N–H and O–H groups in total. The summed E-state index contributed by atoms with van der Waals surface area (Å²) in [5.41, 5.74) is 8.13. The molecule has 0 saturated heterocycles. The fraction of sp³-hybridized carbons (Fsp3) is 0.486. The highest BCUT2D eigenvalue weighted by atomic mass is 32.3. The highest BCUT2D eigenvalue weighted by Crippen LogP contribution is 2.75. The predicted octanol–water partition coefficient (Wildman–Crippen LogP) is 9.40. The molecule has 2 aliphatic carbocycles. The van der Waals surface area contributed by atoms with Gasteiger partial charge in [0.05, 0.1) is 11.2 Å². The van der Waals surface area contributed by atoms with E-state index in [0.717, 1.165) is 71.2 Å². The van der Waals surface area contributed by atoms with E-state index in [9.17, 15) is 13.2 Å². The summed E-state index contributed by atoms with van der Waals surface area (Å²) in [5, 5.41) is 0. The molecule has 2 saturated carbocycles. The standard InChI is InChI=1S/C37H48O4S2/c1-22-14-25(4)33(26(5)15-22)43(34-27(6)16-23(2)17-28(34)7,35-29(8)18-24(3)19-30(35)9)41-42(39,40)21-37-13-12-31(20-32(37)38)36(37,10)11/h14-19,31H,12-13,20-21H2,1-11H3. The second-order valence-electron chi connectivity index (χ2n) is 14.2. The van der Waals surface area contributed by atoms with E-state index in [-0.39, 0.29) is 22.9 Å². The molecule has 2 bridgehead atoms. The second-order valence-corrected chi connectivity index (χ2v) is 18.5. The minimum Gasteiger partial charge on any atom is -0.299 e. The maximum Gasteiger partial charge on any atom is 0.278 e. The van der Waals surface area contributed by atoms with E-state index in [1.165, 1.54) is 0 Å². The summed E-state index contributed by atoms with van der Waals surface area (Å²) >= 11 is 0. The number of benzene rings is 3. The van der Waals surface area contributed by atoms with Crippen molar-refractivity contribution in [1.82, 2.24) is 0 Å². The molecule has 0 amide bonds. The summed E-state index contributed by atoms with van der Waals surface area (Å²) < 4.78 is 36.7. The Morgan fingerprint density at radius 1 is 0.674 bits per heavy atom. The van der Waals surface area contributed by atoms with Crippen molar-refractivity contribution in [2.75, 3.05) is 5.75 Å². The van der Waals surface area contributed by atoms with Gasteiger partial charge in [0.25, 0.3) is 10.1 Å². The summed E-state index contributed by atoms with van der Waals surface area (Å²) in [4.78, 5) is 16.4. The van der Waals surface area contributed by atoms with Gasteiger partial charge in [-0.25, -0.2) is 3.63 Å². The Balaban J connectivity index is 1.90. The zero-order valence-corrected chi connectivity index (χ0v) is 29.5. The highest BCUT2D eigenvalue weighted by molar-refractivity contribution is 8.33. The number of aryl methyl sites for hydroxylation is 9. The van der Waals surface area contributed by atoms with Crippen LogP contribution in [0.3, 0.4) is 0 Å².